The molecule has 1 aliphatic heterocycles. The monoisotopic (exact) mass is 272 g/mol. The molecule has 1 amide bonds. The summed E-state index contributed by atoms with van der Waals surface area (Å²) in [6, 6.07) is 3.81. The molecular formula is C12H17ClN2OS. The van der Waals surface area contributed by atoms with Crippen molar-refractivity contribution in [3.8, 4) is 0 Å². The summed E-state index contributed by atoms with van der Waals surface area (Å²) < 4.78 is 0.764. The number of carbonyl (C=O) groups is 1. The van der Waals surface area contributed by atoms with Crippen molar-refractivity contribution in [2.45, 2.75) is 26.3 Å². The summed E-state index contributed by atoms with van der Waals surface area (Å²) in [5, 5.41) is 6.27. The highest BCUT2D eigenvalue weighted by atomic mass is 35.5. The molecule has 0 radical (unpaired) electrons. The summed E-state index contributed by atoms with van der Waals surface area (Å²) >= 11 is 7.36. The first kappa shape index (κ1) is 12.9. The third-order valence-corrected chi connectivity index (χ3v) is 4.43. The molecule has 5 heteroatoms. The third kappa shape index (κ3) is 3.21. The normalized spacial score (nSPS) is 24.6. The molecule has 0 aromatic carbocycles. The van der Waals surface area contributed by atoms with Crippen LogP contribution in [0.25, 0.3) is 0 Å². The van der Waals surface area contributed by atoms with Gasteiger partial charge in [0, 0.05) is 11.4 Å². The summed E-state index contributed by atoms with van der Waals surface area (Å²) in [4.78, 5) is 13.2. The van der Waals surface area contributed by atoms with Crippen molar-refractivity contribution in [2.75, 3.05) is 13.1 Å². The summed E-state index contributed by atoms with van der Waals surface area (Å²) in [5.74, 6) is 0.134. The molecule has 0 aliphatic carbocycles. The van der Waals surface area contributed by atoms with Gasteiger partial charge in [0.2, 0.25) is 5.91 Å². The van der Waals surface area contributed by atoms with Crippen molar-refractivity contribution in [1.82, 2.24) is 10.6 Å². The Labute approximate surface area is 111 Å². The van der Waals surface area contributed by atoms with E-state index in [4.69, 9.17) is 11.6 Å². The molecule has 0 saturated carbocycles. The Morgan fingerprint density at radius 2 is 2.47 bits per heavy atom. The molecule has 0 bridgehead atoms. The SMILES string of the molecule is CC1(C(=O)NCc2ccc(Cl)s2)CCCNC1. The van der Waals surface area contributed by atoms with E-state index in [2.05, 4.69) is 10.6 Å². The zero-order valence-corrected chi connectivity index (χ0v) is 11.5. The molecule has 1 atom stereocenters. The van der Waals surface area contributed by atoms with Gasteiger partial charge in [0.25, 0.3) is 0 Å². The van der Waals surface area contributed by atoms with Crippen LogP contribution in [0.5, 0.6) is 0 Å². The topological polar surface area (TPSA) is 41.1 Å². The lowest BCUT2D eigenvalue weighted by molar-refractivity contribution is -0.131. The number of rotatable bonds is 3. The Kier molecular flexibility index (Phi) is 4.07. The predicted octanol–water partition coefficient (Wildman–Crippen LogP) is 2.41. The smallest absolute Gasteiger partial charge is 0.227 e. The molecule has 1 aliphatic rings. The van der Waals surface area contributed by atoms with Crippen LogP contribution in [0.4, 0.5) is 0 Å². The van der Waals surface area contributed by atoms with Gasteiger partial charge in [0.15, 0.2) is 0 Å². The van der Waals surface area contributed by atoms with Crippen LogP contribution in [0.3, 0.4) is 0 Å². The largest absolute Gasteiger partial charge is 0.351 e. The summed E-state index contributed by atoms with van der Waals surface area (Å²) in [6.07, 6.45) is 2.02. The number of hydrogen-bond donors (Lipinski definition) is 2. The minimum atomic E-state index is -0.265. The number of thiophene rings is 1. The van der Waals surface area contributed by atoms with Gasteiger partial charge in [-0.3, -0.25) is 4.79 Å². The molecule has 2 rings (SSSR count). The van der Waals surface area contributed by atoms with Gasteiger partial charge in [-0.1, -0.05) is 11.6 Å². The fourth-order valence-electron chi connectivity index (χ4n) is 2.08. The third-order valence-electron chi connectivity index (χ3n) is 3.20. The Morgan fingerprint density at radius 1 is 1.65 bits per heavy atom. The molecule has 1 unspecified atom stereocenters. The molecule has 2 N–H and O–H groups in total. The number of halogens is 1. The van der Waals surface area contributed by atoms with Crippen molar-refractivity contribution < 1.29 is 4.79 Å². The van der Waals surface area contributed by atoms with E-state index >= 15 is 0 Å². The Morgan fingerprint density at radius 3 is 3.06 bits per heavy atom. The van der Waals surface area contributed by atoms with Gasteiger partial charge in [-0.15, -0.1) is 11.3 Å². The molecular weight excluding hydrogens is 256 g/mol. The number of nitrogens with one attached hydrogen (secondary N) is 2. The maximum Gasteiger partial charge on any atom is 0.227 e. The van der Waals surface area contributed by atoms with Crippen molar-refractivity contribution in [2.24, 2.45) is 5.41 Å². The highest BCUT2D eigenvalue weighted by molar-refractivity contribution is 7.16. The summed E-state index contributed by atoms with van der Waals surface area (Å²) in [6.45, 7) is 4.38. The molecule has 1 saturated heterocycles. The predicted molar refractivity (Wildman–Crippen MR) is 71.4 cm³/mol. The molecule has 0 spiro atoms. The standard InChI is InChI=1S/C12H17ClN2OS/c1-12(5-2-6-14-8-12)11(16)15-7-9-3-4-10(13)17-9/h3-4,14H,2,5-8H2,1H3,(H,15,16). The van der Waals surface area contributed by atoms with Crippen molar-refractivity contribution in [1.29, 1.82) is 0 Å². The van der Waals surface area contributed by atoms with Crippen LogP contribution in [0.15, 0.2) is 12.1 Å². The second kappa shape index (κ2) is 5.38. The molecule has 3 nitrogen and oxygen atoms in total. The average Bonchev–Trinajstić information content (AvgIpc) is 2.73. The summed E-state index contributed by atoms with van der Waals surface area (Å²) in [5.41, 5.74) is -0.265. The van der Waals surface area contributed by atoms with Gasteiger partial charge in [-0.05, 0) is 38.4 Å². The highest BCUT2D eigenvalue weighted by Gasteiger charge is 2.34. The first-order valence-corrected chi connectivity index (χ1v) is 7.03. The maximum atomic E-state index is 12.1. The van der Waals surface area contributed by atoms with Gasteiger partial charge in [-0.2, -0.15) is 0 Å². The van der Waals surface area contributed by atoms with Crippen LogP contribution in [0.1, 0.15) is 24.6 Å². The fraction of sp³-hybridized carbons (Fsp3) is 0.583. The lowest BCUT2D eigenvalue weighted by Crippen LogP contribution is -2.48. The van der Waals surface area contributed by atoms with Gasteiger partial charge >= 0.3 is 0 Å². The van der Waals surface area contributed by atoms with E-state index in [9.17, 15) is 4.79 Å². The Balaban J connectivity index is 1.88. The highest BCUT2D eigenvalue weighted by Crippen LogP contribution is 2.26. The van der Waals surface area contributed by atoms with Gasteiger partial charge in [0.1, 0.15) is 0 Å². The molecule has 94 valence electrons. The first-order chi connectivity index (χ1) is 8.10. The van der Waals surface area contributed by atoms with Crippen molar-refractivity contribution in [3.05, 3.63) is 21.3 Å². The van der Waals surface area contributed by atoms with Crippen LogP contribution in [-0.2, 0) is 11.3 Å². The number of hydrogen-bond acceptors (Lipinski definition) is 3. The lowest BCUT2D eigenvalue weighted by atomic mass is 9.82. The van der Waals surface area contributed by atoms with Crippen LogP contribution in [0.2, 0.25) is 4.34 Å². The fourth-order valence-corrected chi connectivity index (χ4v) is 3.10. The van der Waals surface area contributed by atoms with Gasteiger partial charge in [0.05, 0.1) is 16.3 Å². The van der Waals surface area contributed by atoms with E-state index < -0.39 is 0 Å². The minimum Gasteiger partial charge on any atom is -0.351 e. The Hall–Kier alpha value is -0.580. The zero-order chi connectivity index (χ0) is 12.3. The van der Waals surface area contributed by atoms with E-state index in [1.165, 1.54) is 11.3 Å². The minimum absolute atomic E-state index is 0.134. The Bertz CT molecular complexity index is 399. The lowest BCUT2D eigenvalue weighted by Gasteiger charge is -2.32. The van der Waals surface area contributed by atoms with Gasteiger partial charge < -0.3 is 10.6 Å². The first-order valence-electron chi connectivity index (χ1n) is 5.83. The van der Waals surface area contributed by atoms with E-state index in [1.807, 2.05) is 19.1 Å². The molecule has 1 fully saturated rings. The zero-order valence-electron chi connectivity index (χ0n) is 9.88. The number of carbonyl (C=O) groups excluding carboxylic acids is 1. The van der Waals surface area contributed by atoms with Crippen molar-refractivity contribution in [3.63, 3.8) is 0 Å². The van der Waals surface area contributed by atoms with Crippen LogP contribution < -0.4 is 10.6 Å². The van der Waals surface area contributed by atoms with E-state index in [0.29, 0.717) is 6.54 Å². The molecule has 1 aromatic rings. The second-order valence-electron chi connectivity index (χ2n) is 4.73. The number of amides is 1. The molecule has 2 heterocycles. The van der Waals surface area contributed by atoms with E-state index in [0.717, 1.165) is 35.1 Å². The van der Waals surface area contributed by atoms with Gasteiger partial charge in [-0.25, -0.2) is 0 Å². The molecule has 1 aromatic heterocycles. The quantitative estimate of drug-likeness (QED) is 0.887. The van der Waals surface area contributed by atoms with Crippen LogP contribution in [0, 0.1) is 5.41 Å². The maximum absolute atomic E-state index is 12.1. The van der Waals surface area contributed by atoms with Crippen LogP contribution in [-0.4, -0.2) is 19.0 Å². The van der Waals surface area contributed by atoms with E-state index in [1.54, 1.807) is 0 Å². The average molecular weight is 273 g/mol. The summed E-state index contributed by atoms with van der Waals surface area (Å²) in [7, 11) is 0. The number of piperidine rings is 1. The van der Waals surface area contributed by atoms with Crippen molar-refractivity contribution >= 4 is 28.8 Å². The van der Waals surface area contributed by atoms with Crippen LogP contribution >= 0.6 is 22.9 Å². The second-order valence-corrected chi connectivity index (χ2v) is 6.53. The molecule has 17 heavy (non-hydrogen) atoms. The van der Waals surface area contributed by atoms with E-state index in [-0.39, 0.29) is 11.3 Å².